The summed E-state index contributed by atoms with van der Waals surface area (Å²) in [7, 11) is 1.86. The molecule has 0 saturated heterocycles. The minimum atomic E-state index is 0.103. The number of thiophene rings is 1. The molecule has 0 N–H and O–H groups in total. The van der Waals surface area contributed by atoms with Gasteiger partial charge in [-0.15, -0.1) is 21.5 Å². The molecule has 1 aromatic carbocycles. The topological polar surface area (TPSA) is 51.0 Å². The third kappa shape index (κ3) is 4.09. The van der Waals surface area contributed by atoms with E-state index in [9.17, 15) is 4.79 Å². The van der Waals surface area contributed by atoms with Crippen molar-refractivity contribution >= 4 is 29.0 Å². The van der Waals surface area contributed by atoms with Crippen LogP contribution in [0.1, 0.15) is 30.0 Å². The zero-order valence-electron chi connectivity index (χ0n) is 15.5. The van der Waals surface area contributed by atoms with Gasteiger partial charge in [0.1, 0.15) is 0 Å². The molecule has 7 heteroatoms. The number of nitrogens with zero attached hydrogens (tertiary/aromatic N) is 4. The van der Waals surface area contributed by atoms with Gasteiger partial charge in [-0.3, -0.25) is 9.36 Å². The van der Waals surface area contributed by atoms with Crippen LogP contribution in [0.2, 0.25) is 0 Å². The lowest BCUT2D eigenvalue weighted by Crippen LogP contribution is -2.28. The normalized spacial score (nSPS) is 13.7. The Morgan fingerprint density at radius 1 is 1.26 bits per heavy atom. The van der Waals surface area contributed by atoms with Crippen molar-refractivity contribution in [2.24, 2.45) is 0 Å². The Kier molecular flexibility index (Phi) is 5.31. The number of benzene rings is 1. The molecule has 0 atom stereocenters. The van der Waals surface area contributed by atoms with E-state index >= 15 is 0 Å². The second-order valence-corrected chi connectivity index (χ2v) is 8.74. The minimum absolute atomic E-state index is 0.103. The van der Waals surface area contributed by atoms with Crippen molar-refractivity contribution in [3.05, 3.63) is 52.9 Å². The number of aromatic nitrogens is 3. The Bertz CT molecular complexity index is 931. The molecule has 27 heavy (non-hydrogen) atoms. The van der Waals surface area contributed by atoms with E-state index in [0.717, 1.165) is 28.7 Å². The molecular formula is C20H22N4OS2. The van der Waals surface area contributed by atoms with Gasteiger partial charge in [-0.05, 0) is 42.3 Å². The Labute approximate surface area is 167 Å². The number of hydrogen-bond acceptors (Lipinski definition) is 5. The number of carbonyl (C=O) groups is 1. The van der Waals surface area contributed by atoms with Crippen LogP contribution in [0.4, 0.5) is 0 Å². The van der Waals surface area contributed by atoms with Gasteiger partial charge in [0.2, 0.25) is 5.91 Å². The molecule has 140 valence electrons. The summed E-state index contributed by atoms with van der Waals surface area (Å²) in [5.74, 6) is 1.40. The molecule has 0 bridgehead atoms. The summed E-state index contributed by atoms with van der Waals surface area (Å²) in [5, 5.41) is 11.7. The number of aryl methyl sites for hydroxylation is 1. The van der Waals surface area contributed by atoms with E-state index in [4.69, 9.17) is 0 Å². The van der Waals surface area contributed by atoms with Crippen LogP contribution in [0.5, 0.6) is 0 Å². The van der Waals surface area contributed by atoms with Crippen LogP contribution in [0.25, 0.3) is 10.7 Å². The van der Waals surface area contributed by atoms with Gasteiger partial charge in [-0.2, -0.15) is 0 Å². The van der Waals surface area contributed by atoms with Gasteiger partial charge in [0.25, 0.3) is 0 Å². The smallest absolute Gasteiger partial charge is 0.233 e. The number of amides is 1. The molecule has 3 aromatic rings. The molecular weight excluding hydrogens is 376 g/mol. The summed E-state index contributed by atoms with van der Waals surface area (Å²) >= 11 is 3.16. The first kappa shape index (κ1) is 18.3. The predicted molar refractivity (Wildman–Crippen MR) is 110 cm³/mol. The first-order valence-electron chi connectivity index (χ1n) is 9.03. The van der Waals surface area contributed by atoms with E-state index in [-0.39, 0.29) is 5.91 Å². The maximum absolute atomic E-state index is 12.6. The van der Waals surface area contributed by atoms with Gasteiger partial charge in [0.05, 0.1) is 10.6 Å². The molecule has 0 radical (unpaired) electrons. The fourth-order valence-electron chi connectivity index (χ4n) is 2.98. The summed E-state index contributed by atoms with van der Waals surface area (Å²) in [5.41, 5.74) is 2.39. The Morgan fingerprint density at radius 3 is 2.78 bits per heavy atom. The maximum atomic E-state index is 12.6. The minimum Gasteiger partial charge on any atom is -0.341 e. The van der Waals surface area contributed by atoms with Gasteiger partial charge < -0.3 is 4.90 Å². The zero-order valence-corrected chi connectivity index (χ0v) is 17.1. The van der Waals surface area contributed by atoms with E-state index in [1.165, 1.54) is 22.9 Å². The highest BCUT2D eigenvalue weighted by Crippen LogP contribution is 2.41. The predicted octanol–water partition coefficient (Wildman–Crippen LogP) is 4.40. The summed E-state index contributed by atoms with van der Waals surface area (Å²) in [4.78, 5) is 15.5. The van der Waals surface area contributed by atoms with Crippen LogP contribution in [0.15, 0.2) is 46.9 Å². The lowest BCUT2D eigenvalue weighted by atomic mass is 10.1. The third-order valence-electron chi connectivity index (χ3n) is 4.74. The zero-order chi connectivity index (χ0) is 18.8. The molecule has 0 spiro atoms. The van der Waals surface area contributed by atoms with Crippen molar-refractivity contribution in [3.63, 3.8) is 0 Å². The van der Waals surface area contributed by atoms with E-state index < -0.39 is 0 Å². The molecule has 2 aromatic heterocycles. The highest BCUT2D eigenvalue weighted by molar-refractivity contribution is 7.99. The molecule has 1 aliphatic carbocycles. The molecule has 1 aliphatic rings. The number of rotatable bonds is 7. The van der Waals surface area contributed by atoms with E-state index in [0.29, 0.717) is 18.3 Å². The van der Waals surface area contributed by atoms with Crippen molar-refractivity contribution in [3.8, 4) is 10.7 Å². The number of carbonyl (C=O) groups excluding carboxylic acids is 1. The largest absolute Gasteiger partial charge is 0.341 e. The van der Waals surface area contributed by atoms with Crippen molar-refractivity contribution in [1.82, 2.24) is 19.7 Å². The van der Waals surface area contributed by atoms with Gasteiger partial charge >= 0.3 is 0 Å². The Hall–Kier alpha value is -2.12. The molecule has 0 aliphatic heterocycles. The van der Waals surface area contributed by atoms with Crippen LogP contribution in [0.3, 0.4) is 0 Å². The van der Waals surface area contributed by atoms with Gasteiger partial charge in [0, 0.05) is 19.6 Å². The molecule has 1 amide bonds. The van der Waals surface area contributed by atoms with E-state index in [1.807, 2.05) is 25.2 Å². The number of thioether (sulfide) groups is 1. The van der Waals surface area contributed by atoms with Crippen molar-refractivity contribution < 1.29 is 4.79 Å². The summed E-state index contributed by atoms with van der Waals surface area (Å²) in [6, 6.07) is 12.8. The summed E-state index contributed by atoms with van der Waals surface area (Å²) in [6.45, 7) is 2.70. The van der Waals surface area contributed by atoms with Crippen LogP contribution in [-0.2, 0) is 11.3 Å². The van der Waals surface area contributed by atoms with E-state index in [2.05, 4.69) is 45.3 Å². The van der Waals surface area contributed by atoms with Gasteiger partial charge in [-0.25, -0.2) is 0 Å². The average Bonchev–Trinajstić information content (AvgIpc) is 3.19. The molecule has 1 saturated carbocycles. The Balaban J connectivity index is 1.43. The van der Waals surface area contributed by atoms with Gasteiger partial charge in [-0.1, -0.05) is 42.1 Å². The fourth-order valence-corrected chi connectivity index (χ4v) is 4.63. The first-order valence-corrected chi connectivity index (χ1v) is 10.9. The summed E-state index contributed by atoms with van der Waals surface area (Å²) < 4.78 is 2.21. The van der Waals surface area contributed by atoms with Crippen molar-refractivity contribution in [1.29, 1.82) is 0 Å². The molecule has 2 heterocycles. The fraction of sp³-hybridized carbons (Fsp3) is 0.350. The van der Waals surface area contributed by atoms with Crippen molar-refractivity contribution in [2.45, 2.75) is 37.5 Å². The van der Waals surface area contributed by atoms with Crippen LogP contribution >= 0.6 is 23.1 Å². The SMILES string of the molecule is Cc1ccccc1CN(C)C(=O)CSc1nnc(-c2cccs2)n1C1CC1. The van der Waals surface area contributed by atoms with Crippen LogP contribution < -0.4 is 0 Å². The summed E-state index contributed by atoms with van der Waals surface area (Å²) in [6.07, 6.45) is 2.32. The third-order valence-corrected chi connectivity index (χ3v) is 6.53. The molecule has 5 nitrogen and oxygen atoms in total. The Morgan fingerprint density at radius 2 is 2.07 bits per heavy atom. The monoisotopic (exact) mass is 398 g/mol. The lowest BCUT2D eigenvalue weighted by Gasteiger charge is -2.18. The lowest BCUT2D eigenvalue weighted by molar-refractivity contribution is -0.127. The maximum Gasteiger partial charge on any atom is 0.233 e. The second kappa shape index (κ2) is 7.86. The highest BCUT2D eigenvalue weighted by Gasteiger charge is 2.30. The van der Waals surface area contributed by atoms with Crippen LogP contribution in [-0.4, -0.2) is 38.4 Å². The molecule has 0 unspecified atom stereocenters. The highest BCUT2D eigenvalue weighted by atomic mass is 32.2. The van der Waals surface area contributed by atoms with Crippen molar-refractivity contribution in [2.75, 3.05) is 12.8 Å². The second-order valence-electron chi connectivity index (χ2n) is 6.85. The van der Waals surface area contributed by atoms with E-state index in [1.54, 1.807) is 16.2 Å². The first-order chi connectivity index (χ1) is 13.1. The molecule has 1 fully saturated rings. The standard InChI is InChI=1S/C20H22N4OS2/c1-14-6-3-4-7-15(14)12-23(2)18(25)13-27-20-22-21-19(17-8-5-11-26-17)24(20)16-9-10-16/h3-8,11,16H,9-10,12-13H2,1-2H3. The average molecular weight is 399 g/mol. The number of hydrogen-bond donors (Lipinski definition) is 0. The van der Waals surface area contributed by atoms with Gasteiger partial charge in [0.15, 0.2) is 11.0 Å². The molecule has 4 rings (SSSR count). The quantitative estimate of drug-likeness (QED) is 0.554. The van der Waals surface area contributed by atoms with Crippen LogP contribution in [0, 0.1) is 6.92 Å².